The van der Waals surface area contributed by atoms with Crippen LogP contribution in [0.25, 0.3) is 5.82 Å². The van der Waals surface area contributed by atoms with Crippen molar-refractivity contribution in [2.24, 2.45) is 0 Å². The number of carbonyl (C=O) groups excluding carboxylic acids is 1. The fraction of sp³-hybridized carbons (Fsp3) is 0.391. The van der Waals surface area contributed by atoms with Crippen molar-refractivity contribution < 1.29 is 4.79 Å². The van der Waals surface area contributed by atoms with Crippen molar-refractivity contribution in [3.63, 3.8) is 0 Å². The summed E-state index contributed by atoms with van der Waals surface area (Å²) in [5.41, 5.74) is 3.81. The quantitative estimate of drug-likeness (QED) is 0.648. The summed E-state index contributed by atoms with van der Waals surface area (Å²) < 4.78 is 1.85. The van der Waals surface area contributed by atoms with E-state index in [4.69, 9.17) is 0 Å². The van der Waals surface area contributed by atoms with E-state index in [1.165, 1.54) is 0 Å². The predicted molar refractivity (Wildman–Crippen MR) is 122 cm³/mol. The Morgan fingerprint density at radius 2 is 1.55 bits per heavy atom. The van der Waals surface area contributed by atoms with E-state index in [0.717, 1.165) is 47.4 Å². The fourth-order valence-electron chi connectivity index (χ4n) is 3.89. The molecule has 3 aromatic rings. The molecule has 0 atom stereocenters. The first-order valence-electron chi connectivity index (χ1n) is 10.5. The molecule has 8 heteroatoms. The molecule has 0 bridgehead atoms. The SMILES string of the molecule is Cc1cc(C)n(-c2cc(N3CCN(C(=O)c4ccc(N(C)C)cc4)CC3)nc(C)n2)n1. The number of rotatable bonds is 4. The first-order chi connectivity index (χ1) is 14.8. The van der Waals surface area contributed by atoms with Crippen LogP contribution in [0.3, 0.4) is 0 Å². The number of aryl methyl sites for hydroxylation is 3. The second-order valence-electron chi connectivity index (χ2n) is 8.19. The summed E-state index contributed by atoms with van der Waals surface area (Å²) in [5.74, 6) is 2.43. The van der Waals surface area contributed by atoms with Crippen LogP contribution in [0.4, 0.5) is 11.5 Å². The first kappa shape index (κ1) is 20.8. The lowest BCUT2D eigenvalue weighted by Crippen LogP contribution is -2.49. The standard InChI is InChI=1S/C23H29N7O/c1-16-14-17(2)30(26-16)22-15-21(24-18(3)25-22)28-10-12-29(13-11-28)23(31)19-6-8-20(9-7-19)27(4)5/h6-9,14-15H,10-13H2,1-5H3. The number of amides is 1. The van der Waals surface area contributed by atoms with Crippen molar-refractivity contribution in [1.29, 1.82) is 0 Å². The van der Waals surface area contributed by atoms with Crippen LogP contribution in [0, 0.1) is 20.8 Å². The highest BCUT2D eigenvalue weighted by molar-refractivity contribution is 5.94. The Balaban J connectivity index is 1.46. The molecule has 0 aliphatic carbocycles. The summed E-state index contributed by atoms with van der Waals surface area (Å²) in [6.07, 6.45) is 0. The second-order valence-corrected chi connectivity index (χ2v) is 8.19. The fourth-order valence-corrected chi connectivity index (χ4v) is 3.89. The van der Waals surface area contributed by atoms with Gasteiger partial charge in [0.05, 0.1) is 5.69 Å². The Morgan fingerprint density at radius 3 is 2.13 bits per heavy atom. The molecule has 0 saturated carbocycles. The number of anilines is 2. The minimum Gasteiger partial charge on any atom is -0.378 e. The summed E-state index contributed by atoms with van der Waals surface area (Å²) in [7, 11) is 3.98. The third-order valence-electron chi connectivity index (χ3n) is 5.56. The van der Waals surface area contributed by atoms with E-state index >= 15 is 0 Å². The van der Waals surface area contributed by atoms with Gasteiger partial charge >= 0.3 is 0 Å². The number of hydrogen-bond acceptors (Lipinski definition) is 6. The normalized spacial score (nSPS) is 14.1. The molecular formula is C23H29N7O. The molecule has 0 unspecified atom stereocenters. The molecule has 2 aromatic heterocycles. The second kappa shape index (κ2) is 8.37. The molecule has 4 rings (SSSR count). The molecule has 3 heterocycles. The smallest absolute Gasteiger partial charge is 0.253 e. The van der Waals surface area contributed by atoms with E-state index < -0.39 is 0 Å². The highest BCUT2D eigenvalue weighted by Crippen LogP contribution is 2.20. The van der Waals surface area contributed by atoms with E-state index in [0.29, 0.717) is 18.9 Å². The number of nitrogens with zero attached hydrogens (tertiary/aromatic N) is 7. The predicted octanol–water partition coefficient (Wildman–Crippen LogP) is 2.62. The summed E-state index contributed by atoms with van der Waals surface area (Å²) in [4.78, 5) is 28.3. The van der Waals surface area contributed by atoms with Gasteiger partial charge in [-0.25, -0.2) is 14.6 Å². The summed E-state index contributed by atoms with van der Waals surface area (Å²) in [5, 5.41) is 4.55. The first-order valence-corrected chi connectivity index (χ1v) is 10.5. The zero-order valence-electron chi connectivity index (χ0n) is 18.8. The van der Waals surface area contributed by atoms with Crippen molar-refractivity contribution in [3.05, 3.63) is 59.2 Å². The van der Waals surface area contributed by atoms with E-state index in [9.17, 15) is 4.79 Å². The van der Waals surface area contributed by atoms with Crippen molar-refractivity contribution in [2.75, 3.05) is 50.1 Å². The average molecular weight is 420 g/mol. The van der Waals surface area contributed by atoms with Gasteiger partial charge in [0.2, 0.25) is 0 Å². The van der Waals surface area contributed by atoms with Crippen LogP contribution in [0.5, 0.6) is 0 Å². The molecule has 0 radical (unpaired) electrons. The van der Waals surface area contributed by atoms with Gasteiger partial charge in [0.15, 0.2) is 5.82 Å². The van der Waals surface area contributed by atoms with E-state index in [2.05, 4.69) is 20.0 Å². The van der Waals surface area contributed by atoms with Gasteiger partial charge in [-0.05, 0) is 51.1 Å². The van der Waals surface area contributed by atoms with Gasteiger partial charge in [-0.15, -0.1) is 0 Å². The molecule has 1 aromatic carbocycles. The van der Waals surface area contributed by atoms with E-state index in [1.807, 2.05) is 85.7 Å². The highest BCUT2D eigenvalue weighted by Gasteiger charge is 2.24. The van der Waals surface area contributed by atoms with Crippen molar-refractivity contribution in [2.45, 2.75) is 20.8 Å². The molecule has 162 valence electrons. The molecule has 1 saturated heterocycles. The zero-order chi connectivity index (χ0) is 22.1. The third-order valence-corrected chi connectivity index (χ3v) is 5.56. The van der Waals surface area contributed by atoms with E-state index in [-0.39, 0.29) is 5.91 Å². The lowest BCUT2D eigenvalue weighted by molar-refractivity contribution is 0.0746. The van der Waals surface area contributed by atoms with Crippen LogP contribution in [0.1, 0.15) is 27.6 Å². The Bertz CT molecular complexity index is 1080. The number of aromatic nitrogens is 4. The molecule has 1 aliphatic heterocycles. The number of piperazine rings is 1. The van der Waals surface area contributed by atoms with Gasteiger partial charge in [-0.1, -0.05) is 0 Å². The lowest BCUT2D eigenvalue weighted by atomic mass is 10.1. The molecule has 31 heavy (non-hydrogen) atoms. The van der Waals surface area contributed by atoms with Crippen molar-refractivity contribution >= 4 is 17.4 Å². The largest absolute Gasteiger partial charge is 0.378 e. The van der Waals surface area contributed by atoms with Crippen LogP contribution < -0.4 is 9.80 Å². The minimum atomic E-state index is 0.0761. The summed E-state index contributed by atoms with van der Waals surface area (Å²) >= 11 is 0. The molecule has 1 amide bonds. The number of carbonyl (C=O) groups is 1. The van der Waals surface area contributed by atoms with Crippen LogP contribution >= 0.6 is 0 Å². The maximum atomic E-state index is 12.9. The zero-order valence-corrected chi connectivity index (χ0v) is 18.8. The molecule has 0 N–H and O–H groups in total. The Morgan fingerprint density at radius 1 is 0.903 bits per heavy atom. The number of hydrogen-bond donors (Lipinski definition) is 0. The average Bonchev–Trinajstić information content (AvgIpc) is 3.11. The molecule has 1 aliphatic rings. The number of benzene rings is 1. The molecule has 1 fully saturated rings. The Kier molecular flexibility index (Phi) is 5.63. The van der Waals surface area contributed by atoms with Gasteiger partial charge in [0.25, 0.3) is 5.91 Å². The topological polar surface area (TPSA) is 70.4 Å². The monoisotopic (exact) mass is 419 g/mol. The Hall–Kier alpha value is -3.42. The maximum absolute atomic E-state index is 12.9. The van der Waals surface area contributed by atoms with Crippen LogP contribution in [0.2, 0.25) is 0 Å². The summed E-state index contributed by atoms with van der Waals surface area (Å²) in [6, 6.07) is 11.8. The molecule has 0 spiro atoms. The minimum absolute atomic E-state index is 0.0761. The van der Waals surface area contributed by atoms with Crippen molar-refractivity contribution in [1.82, 2.24) is 24.6 Å². The van der Waals surface area contributed by atoms with Crippen LogP contribution in [-0.4, -0.2) is 70.8 Å². The third kappa shape index (κ3) is 4.38. The Labute approximate surface area is 183 Å². The maximum Gasteiger partial charge on any atom is 0.253 e. The van der Waals surface area contributed by atoms with Crippen LogP contribution in [-0.2, 0) is 0 Å². The van der Waals surface area contributed by atoms with Gasteiger partial charge in [-0.3, -0.25) is 4.79 Å². The molecular weight excluding hydrogens is 390 g/mol. The van der Waals surface area contributed by atoms with Crippen LogP contribution in [0.15, 0.2) is 36.4 Å². The van der Waals surface area contributed by atoms with Crippen molar-refractivity contribution in [3.8, 4) is 5.82 Å². The van der Waals surface area contributed by atoms with Gasteiger partial charge in [-0.2, -0.15) is 5.10 Å². The lowest BCUT2D eigenvalue weighted by Gasteiger charge is -2.35. The molecule has 8 nitrogen and oxygen atoms in total. The summed E-state index contributed by atoms with van der Waals surface area (Å²) in [6.45, 7) is 8.67. The van der Waals surface area contributed by atoms with Gasteiger partial charge in [0, 0.05) is 63.3 Å². The highest BCUT2D eigenvalue weighted by atomic mass is 16.2. The van der Waals surface area contributed by atoms with E-state index in [1.54, 1.807) is 0 Å². The van der Waals surface area contributed by atoms with Gasteiger partial charge in [0.1, 0.15) is 11.6 Å². The van der Waals surface area contributed by atoms with Gasteiger partial charge < -0.3 is 14.7 Å².